The highest BCUT2D eigenvalue weighted by Crippen LogP contribution is 2.30. The molecule has 0 unspecified atom stereocenters. The normalized spacial score (nSPS) is 12.1. The van der Waals surface area contributed by atoms with Crippen LogP contribution in [0.5, 0.6) is 0 Å². The summed E-state index contributed by atoms with van der Waals surface area (Å²) in [5.41, 5.74) is 7.61. The zero-order valence-corrected chi connectivity index (χ0v) is 16.6. The van der Waals surface area contributed by atoms with Crippen molar-refractivity contribution in [2.24, 2.45) is 5.73 Å². The Balaban J connectivity index is 2.12. The maximum absolute atomic E-state index is 12.8. The Labute approximate surface area is 157 Å². The van der Waals surface area contributed by atoms with E-state index in [9.17, 15) is 4.79 Å². The molecule has 7 heteroatoms. The minimum Gasteiger partial charge on any atom is -0.350 e. The van der Waals surface area contributed by atoms with E-state index in [1.165, 1.54) is 4.88 Å². The van der Waals surface area contributed by atoms with Gasteiger partial charge in [0.1, 0.15) is 0 Å². The number of nitrogens with one attached hydrogen (secondary N) is 1. The number of pyridine rings is 1. The number of aromatic nitrogens is 3. The number of aryl methyl sites for hydroxylation is 1. The molecule has 0 bridgehead atoms. The van der Waals surface area contributed by atoms with Crippen molar-refractivity contribution in [1.29, 1.82) is 0 Å². The molecule has 0 aliphatic rings. The minimum absolute atomic E-state index is 0.152. The fourth-order valence-corrected chi connectivity index (χ4v) is 3.51. The number of carbonyl (C=O) groups is 1. The Morgan fingerprint density at radius 3 is 2.69 bits per heavy atom. The smallest absolute Gasteiger partial charge is 0.252 e. The van der Waals surface area contributed by atoms with Gasteiger partial charge < -0.3 is 11.1 Å². The van der Waals surface area contributed by atoms with Crippen LogP contribution in [0.1, 0.15) is 49.0 Å². The molecule has 0 radical (unpaired) electrons. The standard InChI is InChI=1S/C19H25N5OS/c1-11(2)24-17-14(9-22-24)13(18(25)21-10-19(4,5)20)8-15(23-17)16-7-6-12(3)26-16/h6-9,11H,10,20H2,1-5H3,(H,21,25). The maximum atomic E-state index is 12.8. The third kappa shape index (κ3) is 3.78. The highest BCUT2D eigenvalue weighted by molar-refractivity contribution is 7.15. The van der Waals surface area contributed by atoms with Crippen LogP contribution in [0.25, 0.3) is 21.6 Å². The van der Waals surface area contributed by atoms with Crippen LogP contribution in [0, 0.1) is 6.92 Å². The van der Waals surface area contributed by atoms with Crippen LogP contribution in [-0.4, -0.2) is 32.8 Å². The number of hydrogen-bond donors (Lipinski definition) is 2. The lowest BCUT2D eigenvalue weighted by molar-refractivity contribution is 0.0947. The molecule has 0 spiro atoms. The van der Waals surface area contributed by atoms with E-state index < -0.39 is 5.54 Å². The maximum Gasteiger partial charge on any atom is 0.252 e. The van der Waals surface area contributed by atoms with E-state index in [1.54, 1.807) is 17.5 Å². The van der Waals surface area contributed by atoms with E-state index in [4.69, 9.17) is 10.7 Å². The molecule has 0 fully saturated rings. The predicted molar refractivity (Wildman–Crippen MR) is 107 cm³/mol. The monoisotopic (exact) mass is 371 g/mol. The van der Waals surface area contributed by atoms with E-state index >= 15 is 0 Å². The second-order valence-electron chi connectivity index (χ2n) is 7.56. The largest absolute Gasteiger partial charge is 0.350 e. The first-order chi connectivity index (χ1) is 12.2. The summed E-state index contributed by atoms with van der Waals surface area (Å²) in [5.74, 6) is -0.159. The van der Waals surface area contributed by atoms with Crippen LogP contribution in [0.2, 0.25) is 0 Å². The molecule has 0 atom stereocenters. The summed E-state index contributed by atoms with van der Waals surface area (Å²) in [6, 6.07) is 6.09. The van der Waals surface area contributed by atoms with Gasteiger partial charge in [-0.1, -0.05) is 0 Å². The Morgan fingerprint density at radius 1 is 1.38 bits per heavy atom. The zero-order valence-electron chi connectivity index (χ0n) is 15.8. The molecule has 1 amide bonds. The topological polar surface area (TPSA) is 85.8 Å². The molecule has 138 valence electrons. The molecular formula is C19H25N5OS. The summed E-state index contributed by atoms with van der Waals surface area (Å²) >= 11 is 1.66. The van der Waals surface area contributed by atoms with Crippen LogP contribution < -0.4 is 11.1 Å². The number of carbonyl (C=O) groups excluding carboxylic acids is 1. The van der Waals surface area contributed by atoms with Gasteiger partial charge in [-0.05, 0) is 52.8 Å². The van der Waals surface area contributed by atoms with Crippen molar-refractivity contribution in [1.82, 2.24) is 20.1 Å². The Hall–Kier alpha value is -2.25. The molecule has 0 aliphatic carbocycles. The first kappa shape index (κ1) is 18.5. The van der Waals surface area contributed by atoms with Crippen LogP contribution >= 0.6 is 11.3 Å². The van der Waals surface area contributed by atoms with Gasteiger partial charge >= 0.3 is 0 Å². The Bertz CT molecular complexity index is 949. The average Bonchev–Trinajstić information content (AvgIpc) is 3.16. The Kier molecular flexibility index (Phi) is 4.86. The van der Waals surface area contributed by atoms with Gasteiger partial charge in [0.25, 0.3) is 5.91 Å². The lowest BCUT2D eigenvalue weighted by Gasteiger charge is -2.19. The molecule has 0 aromatic carbocycles. The van der Waals surface area contributed by atoms with Gasteiger partial charge in [0.15, 0.2) is 5.65 Å². The van der Waals surface area contributed by atoms with Crippen LogP contribution in [-0.2, 0) is 0 Å². The first-order valence-electron chi connectivity index (χ1n) is 8.68. The first-order valence-corrected chi connectivity index (χ1v) is 9.49. The average molecular weight is 372 g/mol. The number of nitrogens with two attached hydrogens (primary N) is 1. The predicted octanol–water partition coefficient (Wildman–Crippen LogP) is 3.52. The van der Waals surface area contributed by atoms with Crippen molar-refractivity contribution in [3.05, 3.63) is 34.8 Å². The van der Waals surface area contributed by atoms with Crippen molar-refractivity contribution in [3.8, 4) is 10.6 Å². The number of nitrogens with zero attached hydrogens (tertiary/aromatic N) is 3. The number of thiophene rings is 1. The molecule has 0 saturated heterocycles. The zero-order chi connectivity index (χ0) is 19.1. The molecule has 3 aromatic heterocycles. The Morgan fingerprint density at radius 2 is 2.12 bits per heavy atom. The highest BCUT2D eigenvalue weighted by atomic mass is 32.1. The summed E-state index contributed by atoms with van der Waals surface area (Å²) in [4.78, 5) is 19.9. The summed E-state index contributed by atoms with van der Waals surface area (Å²) in [6.45, 7) is 10.3. The van der Waals surface area contributed by atoms with Crippen molar-refractivity contribution >= 4 is 28.3 Å². The minimum atomic E-state index is -0.475. The SMILES string of the molecule is Cc1ccc(-c2cc(C(=O)NCC(C)(C)N)c3cnn(C(C)C)c3n2)s1. The van der Waals surface area contributed by atoms with Crippen molar-refractivity contribution < 1.29 is 4.79 Å². The van der Waals surface area contributed by atoms with Crippen LogP contribution in [0.3, 0.4) is 0 Å². The van der Waals surface area contributed by atoms with Crippen molar-refractivity contribution in [2.45, 2.75) is 46.2 Å². The summed E-state index contributed by atoms with van der Waals surface area (Å²) in [7, 11) is 0. The lowest BCUT2D eigenvalue weighted by Crippen LogP contribution is -2.45. The molecule has 26 heavy (non-hydrogen) atoms. The number of amides is 1. The van der Waals surface area contributed by atoms with Crippen LogP contribution in [0.15, 0.2) is 24.4 Å². The molecule has 3 rings (SSSR count). The molecular weight excluding hydrogens is 346 g/mol. The highest BCUT2D eigenvalue weighted by Gasteiger charge is 2.20. The van der Waals surface area contributed by atoms with Gasteiger partial charge in [-0.15, -0.1) is 11.3 Å². The quantitative estimate of drug-likeness (QED) is 0.718. The lowest BCUT2D eigenvalue weighted by atomic mass is 10.1. The van der Waals surface area contributed by atoms with Gasteiger partial charge in [0, 0.05) is 23.0 Å². The number of rotatable bonds is 5. The third-order valence-electron chi connectivity index (χ3n) is 4.00. The van der Waals surface area contributed by atoms with Gasteiger partial charge in [-0.3, -0.25) is 4.79 Å². The molecule has 0 saturated carbocycles. The van der Waals surface area contributed by atoms with E-state index in [-0.39, 0.29) is 11.9 Å². The number of fused-ring (bicyclic) bond motifs is 1. The summed E-state index contributed by atoms with van der Waals surface area (Å²) in [6.07, 6.45) is 1.72. The fraction of sp³-hybridized carbons (Fsp3) is 0.421. The number of hydrogen-bond acceptors (Lipinski definition) is 5. The van der Waals surface area contributed by atoms with Gasteiger partial charge in [0.2, 0.25) is 0 Å². The van der Waals surface area contributed by atoms with Gasteiger partial charge in [-0.25, -0.2) is 9.67 Å². The van der Waals surface area contributed by atoms with Gasteiger partial charge in [-0.2, -0.15) is 5.10 Å². The van der Waals surface area contributed by atoms with E-state index in [1.807, 2.05) is 44.5 Å². The molecule has 6 nitrogen and oxygen atoms in total. The second-order valence-corrected chi connectivity index (χ2v) is 8.84. The van der Waals surface area contributed by atoms with Crippen molar-refractivity contribution in [3.63, 3.8) is 0 Å². The third-order valence-corrected chi connectivity index (χ3v) is 5.02. The van der Waals surface area contributed by atoms with E-state index in [0.717, 1.165) is 21.6 Å². The fourth-order valence-electron chi connectivity index (χ4n) is 2.69. The van der Waals surface area contributed by atoms with E-state index in [0.29, 0.717) is 12.1 Å². The van der Waals surface area contributed by atoms with Crippen molar-refractivity contribution in [2.75, 3.05) is 6.54 Å². The van der Waals surface area contributed by atoms with E-state index in [2.05, 4.69) is 23.4 Å². The van der Waals surface area contributed by atoms with Gasteiger partial charge in [0.05, 0.1) is 27.7 Å². The second kappa shape index (κ2) is 6.81. The van der Waals surface area contributed by atoms with Crippen LogP contribution in [0.4, 0.5) is 0 Å². The molecule has 3 N–H and O–H groups in total. The molecule has 0 aliphatic heterocycles. The molecule has 3 aromatic rings. The summed E-state index contributed by atoms with van der Waals surface area (Å²) in [5, 5.41) is 8.12. The summed E-state index contributed by atoms with van der Waals surface area (Å²) < 4.78 is 1.85. The molecule has 3 heterocycles.